The quantitative estimate of drug-likeness (QED) is 0.570. The largest absolute Gasteiger partial charge is 0.497 e. The van der Waals surface area contributed by atoms with Crippen LogP contribution >= 0.6 is 11.8 Å². The Kier molecular flexibility index (Phi) is 8.17. The Labute approximate surface area is 139 Å². The van der Waals surface area contributed by atoms with E-state index in [-0.39, 0.29) is 4.75 Å². The summed E-state index contributed by atoms with van der Waals surface area (Å²) >= 11 is 1.84. The number of nitrogens with zero attached hydrogens (tertiary/aromatic N) is 1. The number of ether oxygens (including phenoxy) is 1. The van der Waals surface area contributed by atoms with Crippen LogP contribution in [-0.2, 0) is 6.42 Å². The summed E-state index contributed by atoms with van der Waals surface area (Å²) in [6.07, 6.45) is 3.06. The summed E-state index contributed by atoms with van der Waals surface area (Å²) in [6, 6.07) is 8.18. The fourth-order valence-corrected chi connectivity index (χ4v) is 2.02. The summed E-state index contributed by atoms with van der Waals surface area (Å²) in [5.74, 6) is 1.78. The average molecular weight is 324 g/mol. The van der Waals surface area contributed by atoms with Gasteiger partial charge in [-0.1, -0.05) is 12.1 Å². The van der Waals surface area contributed by atoms with Crippen molar-refractivity contribution in [3.8, 4) is 5.75 Å². The molecule has 0 bridgehead atoms. The van der Waals surface area contributed by atoms with Crippen molar-refractivity contribution in [1.29, 1.82) is 0 Å². The predicted molar refractivity (Wildman–Crippen MR) is 98.3 cm³/mol. The normalized spacial score (nSPS) is 12.1. The highest BCUT2D eigenvalue weighted by atomic mass is 32.2. The monoisotopic (exact) mass is 323 g/mol. The lowest BCUT2D eigenvalue weighted by atomic mass is 10.1. The van der Waals surface area contributed by atoms with E-state index >= 15 is 0 Å². The number of aliphatic imine (C=N–C) groups is 1. The first-order chi connectivity index (χ1) is 10.5. The molecule has 0 amide bonds. The van der Waals surface area contributed by atoms with Crippen LogP contribution in [0.15, 0.2) is 29.3 Å². The smallest absolute Gasteiger partial charge is 0.191 e. The van der Waals surface area contributed by atoms with Crippen LogP contribution in [0.2, 0.25) is 0 Å². The molecule has 0 aliphatic heterocycles. The number of benzene rings is 1. The van der Waals surface area contributed by atoms with Gasteiger partial charge in [-0.25, -0.2) is 0 Å². The molecule has 0 saturated carbocycles. The van der Waals surface area contributed by atoms with Gasteiger partial charge in [-0.2, -0.15) is 11.8 Å². The predicted octanol–water partition coefficient (Wildman–Crippen LogP) is 2.93. The van der Waals surface area contributed by atoms with E-state index in [1.807, 2.05) is 23.9 Å². The number of guanidine groups is 1. The van der Waals surface area contributed by atoms with Crippen molar-refractivity contribution in [2.24, 2.45) is 4.99 Å². The third-order valence-electron chi connectivity index (χ3n) is 3.36. The molecule has 124 valence electrons. The summed E-state index contributed by atoms with van der Waals surface area (Å²) in [5, 5.41) is 6.69. The van der Waals surface area contributed by atoms with E-state index in [0.717, 1.165) is 37.8 Å². The van der Waals surface area contributed by atoms with Gasteiger partial charge in [0.2, 0.25) is 0 Å². The maximum Gasteiger partial charge on any atom is 0.191 e. The second-order valence-corrected chi connectivity index (χ2v) is 7.20. The maximum atomic E-state index is 5.25. The Balaban J connectivity index is 2.51. The zero-order valence-electron chi connectivity index (χ0n) is 14.4. The summed E-state index contributed by atoms with van der Waals surface area (Å²) in [7, 11) is 1.70. The molecule has 0 atom stereocenters. The minimum Gasteiger partial charge on any atom is -0.497 e. The van der Waals surface area contributed by atoms with E-state index < -0.39 is 0 Å². The van der Waals surface area contributed by atoms with Crippen molar-refractivity contribution in [2.75, 3.05) is 33.0 Å². The van der Waals surface area contributed by atoms with Crippen molar-refractivity contribution in [3.05, 3.63) is 29.8 Å². The van der Waals surface area contributed by atoms with Crippen LogP contribution in [0.5, 0.6) is 5.75 Å². The SMILES string of the molecule is CCNC(=NCC(C)(C)SC)NCCc1cccc(OC)c1. The Bertz CT molecular complexity index is 475. The van der Waals surface area contributed by atoms with E-state index in [9.17, 15) is 0 Å². The van der Waals surface area contributed by atoms with Crippen LogP contribution in [-0.4, -0.2) is 43.7 Å². The Morgan fingerprint density at radius 2 is 2.09 bits per heavy atom. The molecule has 0 saturated heterocycles. The third kappa shape index (κ3) is 7.07. The highest BCUT2D eigenvalue weighted by Crippen LogP contribution is 2.20. The lowest BCUT2D eigenvalue weighted by molar-refractivity contribution is 0.414. The van der Waals surface area contributed by atoms with E-state index in [2.05, 4.69) is 54.8 Å². The third-order valence-corrected chi connectivity index (χ3v) is 4.59. The topological polar surface area (TPSA) is 45.7 Å². The lowest BCUT2D eigenvalue weighted by Gasteiger charge is -2.20. The molecule has 0 aliphatic rings. The summed E-state index contributed by atoms with van der Waals surface area (Å²) < 4.78 is 5.41. The molecule has 4 nitrogen and oxygen atoms in total. The van der Waals surface area contributed by atoms with Crippen LogP contribution < -0.4 is 15.4 Å². The molecule has 0 aromatic heterocycles. The summed E-state index contributed by atoms with van der Waals surface area (Å²) in [6.45, 7) is 9.01. The number of rotatable bonds is 8. The van der Waals surface area contributed by atoms with E-state index in [4.69, 9.17) is 4.74 Å². The Morgan fingerprint density at radius 1 is 1.32 bits per heavy atom. The second kappa shape index (κ2) is 9.62. The van der Waals surface area contributed by atoms with Gasteiger partial charge in [-0.15, -0.1) is 0 Å². The molecule has 5 heteroatoms. The van der Waals surface area contributed by atoms with Crippen molar-refractivity contribution < 1.29 is 4.74 Å². The first kappa shape index (κ1) is 18.7. The molecule has 1 rings (SSSR count). The minimum absolute atomic E-state index is 0.162. The maximum absolute atomic E-state index is 5.25. The fourth-order valence-electron chi connectivity index (χ4n) is 1.83. The van der Waals surface area contributed by atoms with Gasteiger partial charge in [-0.05, 0) is 51.1 Å². The Hall–Kier alpha value is -1.36. The first-order valence-corrected chi connectivity index (χ1v) is 8.93. The van der Waals surface area contributed by atoms with Gasteiger partial charge < -0.3 is 15.4 Å². The molecule has 0 heterocycles. The van der Waals surface area contributed by atoms with Crippen LogP contribution in [0.4, 0.5) is 0 Å². The average Bonchev–Trinajstić information content (AvgIpc) is 2.53. The number of hydrogen-bond donors (Lipinski definition) is 2. The van der Waals surface area contributed by atoms with Crippen LogP contribution in [0.1, 0.15) is 26.3 Å². The molecule has 2 N–H and O–H groups in total. The molecular formula is C17H29N3OS. The fraction of sp³-hybridized carbons (Fsp3) is 0.588. The zero-order chi connectivity index (χ0) is 16.4. The van der Waals surface area contributed by atoms with Crippen molar-refractivity contribution in [2.45, 2.75) is 31.9 Å². The van der Waals surface area contributed by atoms with Gasteiger partial charge in [0.05, 0.1) is 13.7 Å². The van der Waals surface area contributed by atoms with Crippen LogP contribution in [0.25, 0.3) is 0 Å². The molecular weight excluding hydrogens is 294 g/mol. The number of nitrogens with one attached hydrogen (secondary N) is 2. The van der Waals surface area contributed by atoms with Gasteiger partial charge in [0.1, 0.15) is 5.75 Å². The highest BCUT2D eigenvalue weighted by molar-refractivity contribution is 7.99. The molecule has 22 heavy (non-hydrogen) atoms. The molecule has 0 unspecified atom stereocenters. The van der Waals surface area contributed by atoms with Gasteiger partial charge in [-0.3, -0.25) is 4.99 Å². The van der Waals surface area contributed by atoms with Crippen molar-refractivity contribution in [1.82, 2.24) is 10.6 Å². The van der Waals surface area contributed by atoms with Gasteiger partial charge >= 0.3 is 0 Å². The molecule has 1 aromatic rings. The van der Waals surface area contributed by atoms with Crippen LogP contribution in [0.3, 0.4) is 0 Å². The van der Waals surface area contributed by atoms with Crippen molar-refractivity contribution in [3.63, 3.8) is 0 Å². The summed E-state index contributed by atoms with van der Waals surface area (Å²) in [5.41, 5.74) is 1.26. The van der Waals surface area contributed by atoms with Gasteiger partial charge in [0.25, 0.3) is 0 Å². The molecule has 1 aromatic carbocycles. The van der Waals surface area contributed by atoms with E-state index in [0.29, 0.717) is 0 Å². The van der Waals surface area contributed by atoms with Crippen LogP contribution in [0, 0.1) is 0 Å². The summed E-state index contributed by atoms with van der Waals surface area (Å²) in [4.78, 5) is 4.67. The number of methoxy groups -OCH3 is 1. The first-order valence-electron chi connectivity index (χ1n) is 7.71. The zero-order valence-corrected chi connectivity index (χ0v) is 15.2. The molecule has 0 spiro atoms. The molecule has 0 radical (unpaired) electrons. The van der Waals surface area contributed by atoms with Crippen molar-refractivity contribution >= 4 is 17.7 Å². The minimum atomic E-state index is 0.162. The van der Waals surface area contributed by atoms with Gasteiger partial charge in [0.15, 0.2) is 5.96 Å². The lowest BCUT2D eigenvalue weighted by Crippen LogP contribution is -2.39. The number of hydrogen-bond acceptors (Lipinski definition) is 3. The number of thioether (sulfide) groups is 1. The van der Waals surface area contributed by atoms with E-state index in [1.165, 1.54) is 5.56 Å². The Morgan fingerprint density at radius 3 is 2.73 bits per heavy atom. The van der Waals surface area contributed by atoms with E-state index in [1.54, 1.807) is 7.11 Å². The standard InChI is InChI=1S/C17H29N3OS/c1-6-18-16(20-13-17(2,3)22-5)19-11-10-14-8-7-9-15(12-14)21-4/h7-9,12H,6,10-11,13H2,1-5H3,(H2,18,19,20). The highest BCUT2D eigenvalue weighted by Gasteiger charge is 2.15. The van der Waals surface area contributed by atoms with Gasteiger partial charge in [0, 0.05) is 17.8 Å². The second-order valence-electron chi connectivity index (χ2n) is 5.69. The molecule has 0 fully saturated rings. The molecule has 0 aliphatic carbocycles.